The lowest BCUT2D eigenvalue weighted by molar-refractivity contribution is -0.274. The van der Waals surface area contributed by atoms with E-state index < -0.39 is 12.4 Å². The molecule has 4 N–H and O–H groups in total. The Bertz CT molecular complexity index is 819. The van der Waals surface area contributed by atoms with E-state index in [2.05, 4.69) is 25.2 Å². The lowest BCUT2D eigenvalue weighted by Gasteiger charge is -2.25. The number of amides is 1. The van der Waals surface area contributed by atoms with E-state index in [4.69, 9.17) is 23.1 Å². The molecule has 1 aromatic carbocycles. The van der Waals surface area contributed by atoms with E-state index in [0.29, 0.717) is 23.6 Å². The van der Waals surface area contributed by atoms with Gasteiger partial charge in [-0.2, -0.15) is 0 Å². The first-order valence-electron chi connectivity index (χ1n) is 11.7. The fourth-order valence-corrected chi connectivity index (χ4v) is 2.30. The van der Waals surface area contributed by atoms with Gasteiger partial charge in [0, 0.05) is 5.70 Å². The minimum Gasteiger partial charge on any atom is -0.406 e. The van der Waals surface area contributed by atoms with Crippen LogP contribution in [0.5, 0.6) is 5.75 Å². The molecule has 5 nitrogen and oxygen atoms in total. The molecule has 1 aromatic rings. The Kier molecular flexibility index (Phi) is 22.4. The highest BCUT2D eigenvalue weighted by atomic mass is 35.5. The first kappa shape index (κ1) is 37.7. The minimum absolute atomic E-state index is 0.112. The Hall–Kier alpha value is -2.87. The first-order chi connectivity index (χ1) is 16.9. The molecule has 1 amide bonds. The number of rotatable bonds is 9. The normalized spacial score (nSPS) is 12.2. The SMILES string of the molecule is C=C(/C=C\C)C(C)C.CC.CC.CC(c1ccc(OC(F)(F)F)cc1)N(C=O)/C(N)=C/C=C(\N)CCl. The van der Waals surface area contributed by atoms with Gasteiger partial charge in [0.15, 0.2) is 0 Å². The molecular formula is C27H43ClF3N3O2. The van der Waals surface area contributed by atoms with Crippen LogP contribution in [-0.4, -0.2) is 23.6 Å². The Balaban J connectivity index is -0.000000762. The van der Waals surface area contributed by atoms with Gasteiger partial charge in [0.2, 0.25) is 6.41 Å². The molecule has 0 radical (unpaired) electrons. The second-order valence-corrected chi connectivity index (χ2v) is 7.27. The van der Waals surface area contributed by atoms with Crippen molar-refractivity contribution in [1.29, 1.82) is 0 Å². The van der Waals surface area contributed by atoms with Crippen molar-refractivity contribution in [3.63, 3.8) is 0 Å². The molecular weight excluding hydrogens is 491 g/mol. The van der Waals surface area contributed by atoms with Crippen molar-refractivity contribution in [1.82, 2.24) is 4.90 Å². The molecule has 0 saturated carbocycles. The van der Waals surface area contributed by atoms with E-state index in [9.17, 15) is 18.0 Å². The predicted octanol–water partition coefficient (Wildman–Crippen LogP) is 7.81. The number of carbonyl (C=O) groups is 1. The standard InChI is InChI=1S/C15H17ClF3N3O2.C8H14.2C2H6/c1-10(22(9-23)14(21)7-4-12(20)8-16)11-2-5-13(6-3-11)24-15(17,18)19;1-5-6-8(4)7(2)3;2*1-2/h2-7,9-10H,8,20-21H2,1H3;5-7H,4H2,1-3H3;2*1-2H3/b12-4-,14-7+;6-5-;;. The Morgan fingerprint density at radius 3 is 1.92 bits per heavy atom. The summed E-state index contributed by atoms with van der Waals surface area (Å²) in [5, 5.41) is 0. The second-order valence-electron chi connectivity index (χ2n) is 7.00. The van der Waals surface area contributed by atoms with Gasteiger partial charge >= 0.3 is 6.36 Å². The molecule has 0 aliphatic rings. The zero-order chi connectivity index (χ0) is 28.9. The minimum atomic E-state index is -4.76. The average molecular weight is 534 g/mol. The highest BCUT2D eigenvalue weighted by Crippen LogP contribution is 2.26. The molecule has 9 heteroatoms. The molecule has 0 aromatic heterocycles. The fraction of sp³-hybridized carbons (Fsp3) is 0.444. The van der Waals surface area contributed by atoms with Crippen LogP contribution in [0.3, 0.4) is 0 Å². The molecule has 1 atom stereocenters. The molecule has 0 spiro atoms. The largest absolute Gasteiger partial charge is 0.573 e. The number of carbonyl (C=O) groups excluding carboxylic acids is 1. The quantitative estimate of drug-likeness (QED) is 0.192. The van der Waals surface area contributed by atoms with E-state index >= 15 is 0 Å². The topological polar surface area (TPSA) is 81.6 Å². The third-order valence-electron chi connectivity index (χ3n) is 4.17. The summed E-state index contributed by atoms with van der Waals surface area (Å²) in [6.45, 7) is 19.8. The lowest BCUT2D eigenvalue weighted by atomic mass is 10.1. The maximum absolute atomic E-state index is 12.1. The number of hydrogen-bond donors (Lipinski definition) is 2. The molecule has 0 aliphatic heterocycles. The summed E-state index contributed by atoms with van der Waals surface area (Å²) in [6, 6.07) is 4.64. The van der Waals surface area contributed by atoms with Gasteiger partial charge in [-0.1, -0.05) is 78.0 Å². The van der Waals surface area contributed by atoms with Gasteiger partial charge in [-0.05, 0) is 49.6 Å². The summed E-state index contributed by atoms with van der Waals surface area (Å²) in [5.41, 5.74) is 13.5. The third-order valence-corrected chi connectivity index (χ3v) is 4.48. The zero-order valence-corrected chi connectivity index (χ0v) is 23.5. The van der Waals surface area contributed by atoms with Gasteiger partial charge in [-0.3, -0.25) is 9.69 Å². The summed E-state index contributed by atoms with van der Waals surface area (Å²) >= 11 is 5.53. The Labute approximate surface area is 220 Å². The highest BCUT2D eigenvalue weighted by molar-refractivity contribution is 6.19. The highest BCUT2D eigenvalue weighted by Gasteiger charge is 2.31. The van der Waals surface area contributed by atoms with Crippen LogP contribution in [0, 0.1) is 5.92 Å². The molecule has 1 unspecified atom stereocenters. The van der Waals surface area contributed by atoms with Gasteiger partial charge in [0.1, 0.15) is 11.6 Å². The van der Waals surface area contributed by atoms with Gasteiger partial charge in [0.05, 0.1) is 11.9 Å². The van der Waals surface area contributed by atoms with E-state index in [1.54, 1.807) is 6.92 Å². The summed E-state index contributed by atoms with van der Waals surface area (Å²) in [6.07, 6.45) is 2.70. The van der Waals surface area contributed by atoms with Crippen molar-refractivity contribution in [3.05, 3.63) is 77.8 Å². The van der Waals surface area contributed by atoms with Crippen LogP contribution in [0.2, 0.25) is 0 Å². The number of allylic oxidation sites excluding steroid dienone is 6. The van der Waals surface area contributed by atoms with E-state index in [0.717, 1.165) is 12.1 Å². The maximum Gasteiger partial charge on any atom is 0.573 e. The average Bonchev–Trinajstić information content (AvgIpc) is 2.85. The van der Waals surface area contributed by atoms with Gasteiger partial charge in [-0.25, -0.2) is 0 Å². The molecule has 0 fully saturated rings. The Morgan fingerprint density at radius 2 is 1.58 bits per heavy atom. The van der Waals surface area contributed by atoms with Crippen molar-refractivity contribution >= 4 is 18.0 Å². The molecule has 0 aliphatic carbocycles. The van der Waals surface area contributed by atoms with E-state index in [1.165, 1.54) is 34.8 Å². The molecule has 36 heavy (non-hydrogen) atoms. The lowest BCUT2D eigenvalue weighted by Crippen LogP contribution is -2.29. The molecule has 0 heterocycles. The number of hydrogen-bond acceptors (Lipinski definition) is 4. The van der Waals surface area contributed by atoms with Crippen LogP contribution in [0.1, 0.15) is 67.0 Å². The van der Waals surface area contributed by atoms with Gasteiger partial charge < -0.3 is 16.2 Å². The van der Waals surface area contributed by atoms with Crippen molar-refractivity contribution in [2.75, 3.05) is 5.88 Å². The monoisotopic (exact) mass is 533 g/mol. The predicted molar refractivity (Wildman–Crippen MR) is 146 cm³/mol. The van der Waals surface area contributed by atoms with Gasteiger partial charge in [-0.15, -0.1) is 24.8 Å². The first-order valence-corrected chi connectivity index (χ1v) is 12.3. The van der Waals surface area contributed by atoms with Crippen LogP contribution in [0.15, 0.2) is 72.2 Å². The maximum atomic E-state index is 12.1. The second kappa shape index (κ2) is 21.4. The fourth-order valence-electron chi connectivity index (χ4n) is 2.21. The molecule has 206 valence electrons. The number of nitrogens with zero attached hydrogens (tertiary/aromatic N) is 1. The number of nitrogens with two attached hydrogens (primary N) is 2. The van der Waals surface area contributed by atoms with Crippen LogP contribution in [0.4, 0.5) is 13.2 Å². The number of halogens is 4. The smallest absolute Gasteiger partial charge is 0.406 e. The zero-order valence-electron chi connectivity index (χ0n) is 22.7. The van der Waals surface area contributed by atoms with Crippen molar-refractivity contribution < 1.29 is 22.7 Å². The van der Waals surface area contributed by atoms with Crippen LogP contribution < -0.4 is 16.2 Å². The summed E-state index contributed by atoms with van der Waals surface area (Å²) in [4.78, 5) is 12.5. The van der Waals surface area contributed by atoms with E-state index in [-0.39, 0.29) is 17.5 Å². The summed E-state index contributed by atoms with van der Waals surface area (Å²) < 4.78 is 40.2. The van der Waals surface area contributed by atoms with Crippen molar-refractivity contribution in [3.8, 4) is 5.75 Å². The van der Waals surface area contributed by atoms with Gasteiger partial charge in [0.25, 0.3) is 0 Å². The van der Waals surface area contributed by atoms with Crippen LogP contribution in [-0.2, 0) is 4.79 Å². The third kappa shape index (κ3) is 17.5. The molecule has 0 bridgehead atoms. The molecule has 1 rings (SSSR count). The number of alkyl halides is 4. The number of ether oxygens (including phenoxy) is 1. The molecule has 0 saturated heterocycles. The summed E-state index contributed by atoms with van der Waals surface area (Å²) in [5.74, 6) is 0.464. The van der Waals surface area contributed by atoms with Crippen LogP contribution >= 0.6 is 11.6 Å². The van der Waals surface area contributed by atoms with E-state index in [1.807, 2.05) is 46.8 Å². The Morgan fingerprint density at radius 1 is 1.08 bits per heavy atom. The van der Waals surface area contributed by atoms with Crippen molar-refractivity contribution in [2.24, 2.45) is 17.4 Å². The summed E-state index contributed by atoms with van der Waals surface area (Å²) in [7, 11) is 0. The number of benzene rings is 1. The van der Waals surface area contributed by atoms with Crippen LogP contribution in [0.25, 0.3) is 0 Å². The van der Waals surface area contributed by atoms with Crippen molar-refractivity contribution in [2.45, 2.75) is 67.8 Å².